The summed E-state index contributed by atoms with van der Waals surface area (Å²) < 4.78 is 7.77. The molecule has 37 heavy (non-hydrogen) atoms. The van der Waals surface area contributed by atoms with Gasteiger partial charge in [-0.2, -0.15) is 5.26 Å². The summed E-state index contributed by atoms with van der Waals surface area (Å²) in [6.07, 6.45) is 8.63. The monoisotopic (exact) mass is 494 g/mol. The third kappa shape index (κ3) is 4.89. The minimum Gasteiger partial charge on any atom is -0.373 e. The van der Waals surface area contributed by atoms with Crippen LogP contribution in [-0.4, -0.2) is 85.8 Å². The second kappa shape index (κ2) is 10.0. The number of likely N-dealkylation sites (N-methyl/N-ethyl adjacent to an activating group) is 1. The highest BCUT2D eigenvalue weighted by atomic mass is 16.5. The van der Waals surface area contributed by atoms with Gasteiger partial charge in [-0.1, -0.05) is 23.4 Å². The molecule has 2 aliphatic heterocycles. The van der Waals surface area contributed by atoms with E-state index >= 15 is 0 Å². The Hall–Kier alpha value is -4.27. The maximum Gasteiger partial charge on any atom is 0.225 e. The molecule has 0 spiro atoms. The van der Waals surface area contributed by atoms with E-state index in [0.29, 0.717) is 48.2 Å². The van der Waals surface area contributed by atoms with E-state index in [-0.39, 0.29) is 6.10 Å². The first-order chi connectivity index (χ1) is 18.2. The van der Waals surface area contributed by atoms with Gasteiger partial charge in [0.1, 0.15) is 0 Å². The van der Waals surface area contributed by atoms with Gasteiger partial charge in [-0.25, -0.2) is 24.6 Å². The maximum atomic E-state index is 9.22. The van der Waals surface area contributed by atoms with E-state index < -0.39 is 0 Å². The summed E-state index contributed by atoms with van der Waals surface area (Å²) in [6.45, 7) is 4.40. The van der Waals surface area contributed by atoms with Crippen LogP contribution in [0.1, 0.15) is 17.5 Å². The van der Waals surface area contributed by atoms with E-state index in [9.17, 15) is 5.26 Å². The zero-order chi connectivity index (χ0) is 25.2. The molecule has 1 fully saturated rings. The predicted octanol–water partition coefficient (Wildman–Crippen LogP) is 2.17. The Labute approximate surface area is 214 Å². The molecule has 4 aromatic rings. The zero-order valence-electron chi connectivity index (χ0n) is 20.5. The van der Waals surface area contributed by atoms with Gasteiger partial charge in [-0.05, 0) is 31.2 Å². The lowest BCUT2D eigenvalue weighted by atomic mass is 10.0. The molecule has 0 radical (unpaired) electrons. The Morgan fingerprint density at radius 1 is 1.11 bits per heavy atom. The van der Waals surface area contributed by atoms with Gasteiger partial charge in [0.2, 0.25) is 11.6 Å². The number of benzene rings is 1. The first kappa shape index (κ1) is 23.1. The van der Waals surface area contributed by atoms with Crippen LogP contribution in [0, 0.1) is 11.3 Å². The summed E-state index contributed by atoms with van der Waals surface area (Å²) in [7, 11) is 2.13. The topological polar surface area (TPSA) is 122 Å². The molecule has 0 aliphatic carbocycles. The molecule has 5 heterocycles. The van der Waals surface area contributed by atoms with Crippen molar-refractivity contribution in [2.24, 2.45) is 0 Å². The lowest BCUT2D eigenvalue weighted by molar-refractivity contribution is 0.0273. The van der Waals surface area contributed by atoms with Crippen molar-refractivity contribution < 1.29 is 4.74 Å². The molecule has 11 heteroatoms. The SMILES string of the molecule is CN1CC=C(c2cnc(N3CCO[C@H](Cn4nnc5ncc(-c6cccc(C#N)c6)nc54)C3)nc2)CC1. The van der Waals surface area contributed by atoms with Gasteiger partial charge in [0.15, 0.2) is 5.65 Å². The van der Waals surface area contributed by atoms with Gasteiger partial charge in [0.05, 0.1) is 42.8 Å². The molecule has 2 aliphatic rings. The Kier molecular flexibility index (Phi) is 6.26. The number of nitriles is 1. The van der Waals surface area contributed by atoms with E-state index in [2.05, 4.69) is 54.3 Å². The molecule has 1 aromatic carbocycles. The molecule has 0 bridgehead atoms. The van der Waals surface area contributed by atoms with E-state index in [1.54, 1.807) is 23.0 Å². The quantitative estimate of drug-likeness (QED) is 0.408. The van der Waals surface area contributed by atoms with Crippen LogP contribution < -0.4 is 4.90 Å². The highest BCUT2D eigenvalue weighted by Gasteiger charge is 2.24. The molecule has 0 N–H and O–H groups in total. The Morgan fingerprint density at radius 2 is 2.00 bits per heavy atom. The number of fused-ring (bicyclic) bond motifs is 1. The number of hydrogen-bond donors (Lipinski definition) is 0. The van der Waals surface area contributed by atoms with E-state index in [4.69, 9.17) is 9.72 Å². The largest absolute Gasteiger partial charge is 0.373 e. The highest BCUT2D eigenvalue weighted by molar-refractivity contribution is 5.70. The lowest BCUT2D eigenvalue weighted by Gasteiger charge is -2.32. The fraction of sp³-hybridized carbons (Fsp3) is 0.346. The van der Waals surface area contributed by atoms with Gasteiger partial charge >= 0.3 is 0 Å². The van der Waals surface area contributed by atoms with Crippen LogP contribution in [0.4, 0.5) is 5.95 Å². The van der Waals surface area contributed by atoms with Crippen molar-refractivity contribution in [2.75, 3.05) is 44.7 Å². The lowest BCUT2D eigenvalue weighted by Crippen LogP contribution is -2.45. The highest BCUT2D eigenvalue weighted by Crippen LogP contribution is 2.23. The third-order valence-corrected chi connectivity index (χ3v) is 6.73. The Balaban J connectivity index is 1.17. The van der Waals surface area contributed by atoms with Gasteiger partial charge in [0.25, 0.3) is 0 Å². The number of ether oxygens (including phenoxy) is 1. The molecular weight excluding hydrogens is 468 g/mol. The van der Waals surface area contributed by atoms with Crippen LogP contribution in [0.25, 0.3) is 28.1 Å². The first-order valence-corrected chi connectivity index (χ1v) is 12.3. The average Bonchev–Trinajstić information content (AvgIpc) is 3.35. The van der Waals surface area contributed by atoms with Crippen molar-refractivity contribution in [2.45, 2.75) is 19.1 Å². The molecule has 1 saturated heterocycles. The predicted molar refractivity (Wildman–Crippen MR) is 137 cm³/mol. The van der Waals surface area contributed by atoms with Crippen molar-refractivity contribution >= 4 is 22.8 Å². The van der Waals surface area contributed by atoms with E-state index in [0.717, 1.165) is 37.2 Å². The number of anilines is 1. The first-order valence-electron chi connectivity index (χ1n) is 12.3. The van der Waals surface area contributed by atoms with Crippen molar-refractivity contribution in [3.05, 3.63) is 60.1 Å². The van der Waals surface area contributed by atoms with Crippen LogP contribution in [0.2, 0.25) is 0 Å². The maximum absolute atomic E-state index is 9.22. The van der Waals surface area contributed by atoms with Crippen molar-refractivity contribution in [3.63, 3.8) is 0 Å². The third-order valence-electron chi connectivity index (χ3n) is 6.73. The standard InChI is InChI=1S/C26H26N10O/c1-34-7-5-19(6-8-34)21-13-29-26(30-14-21)35-9-10-37-22(16-35)17-36-25-24(32-33-36)28-15-23(31-25)20-4-2-3-18(11-20)12-27/h2-5,11,13-15,22H,6-10,16-17H2,1H3/t22-/m0/s1. The van der Waals surface area contributed by atoms with E-state index in [1.165, 1.54) is 5.57 Å². The van der Waals surface area contributed by atoms with Gasteiger partial charge in [-0.3, -0.25) is 0 Å². The molecule has 0 saturated carbocycles. The molecule has 0 unspecified atom stereocenters. The second-order valence-corrected chi connectivity index (χ2v) is 9.32. The summed E-state index contributed by atoms with van der Waals surface area (Å²) in [4.78, 5) is 22.9. The minimum atomic E-state index is -0.133. The Bertz CT molecular complexity index is 1490. The summed E-state index contributed by atoms with van der Waals surface area (Å²) in [5, 5.41) is 17.7. The molecule has 0 amide bonds. The minimum absolute atomic E-state index is 0.133. The molecule has 3 aromatic heterocycles. The van der Waals surface area contributed by atoms with Crippen LogP contribution in [0.3, 0.4) is 0 Å². The van der Waals surface area contributed by atoms with Gasteiger partial charge in [0, 0.05) is 49.7 Å². The number of nitrogens with zero attached hydrogens (tertiary/aromatic N) is 10. The van der Waals surface area contributed by atoms with Gasteiger partial charge < -0.3 is 14.5 Å². The van der Waals surface area contributed by atoms with Gasteiger partial charge in [-0.15, -0.1) is 5.10 Å². The van der Waals surface area contributed by atoms with Crippen molar-refractivity contribution in [1.29, 1.82) is 5.26 Å². The van der Waals surface area contributed by atoms with Crippen LogP contribution >= 0.6 is 0 Å². The number of aromatic nitrogens is 7. The fourth-order valence-corrected chi connectivity index (χ4v) is 4.65. The molecule has 186 valence electrons. The molecule has 1 atom stereocenters. The van der Waals surface area contributed by atoms with Crippen LogP contribution in [0.5, 0.6) is 0 Å². The summed E-state index contributed by atoms with van der Waals surface area (Å²) >= 11 is 0. The summed E-state index contributed by atoms with van der Waals surface area (Å²) in [5.74, 6) is 0.702. The van der Waals surface area contributed by atoms with Crippen LogP contribution in [0.15, 0.2) is 48.9 Å². The smallest absolute Gasteiger partial charge is 0.225 e. The number of morpholine rings is 1. The normalized spacial score (nSPS) is 18.5. The Morgan fingerprint density at radius 3 is 2.81 bits per heavy atom. The summed E-state index contributed by atoms with van der Waals surface area (Å²) in [6, 6.07) is 9.45. The molecule has 11 nitrogen and oxygen atoms in total. The fourth-order valence-electron chi connectivity index (χ4n) is 4.65. The number of rotatable bonds is 5. The van der Waals surface area contributed by atoms with E-state index in [1.807, 2.05) is 24.5 Å². The zero-order valence-corrected chi connectivity index (χ0v) is 20.5. The average molecular weight is 495 g/mol. The molecular formula is C26H26N10O. The van der Waals surface area contributed by atoms with Crippen molar-refractivity contribution in [3.8, 4) is 17.3 Å². The molecule has 6 rings (SSSR count). The van der Waals surface area contributed by atoms with Crippen LogP contribution in [-0.2, 0) is 11.3 Å². The van der Waals surface area contributed by atoms with Crippen molar-refractivity contribution in [1.82, 2.24) is 39.8 Å². The second-order valence-electron chi connectivity index (χ2n) is 9.32. The summed E-state index contributed by atoms with van der Waals surface area (Å²) in [5.41, 5.74) is 5.49. The number of hydrogen-bond acceptors (Lipinski definition) is 10.